The number of thiophene rings is 1. The summed E-state index contributed by atoms with van der Waals surface area (Å²) in [5, 5.41) is 8.80. The maximum absolute atomic E-state index is 13.5. The summed E-state index contributed by atoms with van der Waals surface area (Å²) >= 11 is 1.24. The summed E-state index contributed by atoms with van der Waals surface area (Å²) in [5.41, 5.74) is 6.75. The summed E-state index contributed by atoms with van der Waals surface area (Å²) in [4.78, 5) is 1.21. The molecule has 0 aliphatic rings. The summed E-state index contributed by atoms with van der Waals surface area (Å²) in [6, 6.07) is 8.31. The molecule has 17 heavy (non-hydrogen) atoms. The molecule has 0 aliphatic heterocycles. The number of nitrogen functional groups attached to an aromatic ring is 1. The second-order valence-corrected chi connectivity index (χ2v) is 4.41. The van der Waals surface area contributed by atoms with Gasteiger partial charge in [0.15, 0.2) is 11.6 Å². The molecule has 0 bridgehead atoms. The molecule has 5 heteroatoms. The lowest BCUT2D eigenvalue weighted by atomic mass is 10.1. The maximum Gasteiger partial charge on any atom is 0.165 e. The van der Waals surface area contributed by atoms with Crippen molar-refractivity contribution in [1.29, 1.82) is 5.26 Å². The van der Waals surface area contributed by atoms with Crippen molar-refractivity contribution in [2.24, 2.45) is 0 Å². The average molecular weight is 248 g/mol. The van der Waals surface area contributed by atoms with Crippen LogP contribution in [0, 0.1) is 17.1 Å². The molecule has 3 nitrogen and oxygen atoms in total. The van der Waals surface area contributed by atoms with E-state index in [0.29, 0.717) is 16.1 Å². The minimum Gasteiger partial charge on any atom is -0.494 e. The number of nitrogens with zero attached hydrogens (tertiary/aromatic N) is 1. The summed E-state index contributed by atoms with van der Waals surface area (Å²) in [7, 11) is 1.41. The van der Waals surface area contributed by atoms with Gasteiger partial charge in [0.25, 0.3) is 0 Å². The van der Waals surface area contributed by atoms with Crippen molar-refractivity contribution in [3.8, 4) is 22.3 Å². The number of methoxy groups -OCH3 is 1. The van der Waals surface area contributed by atoms with Crippen LogP contribution in [0.5, 0.6) is 5.75 Å². The van der Waals surface area contributed by atoms with Crippen LogP contribution in [0.4, 0.5) is 10.1 Å². The fraction of sp³-hybridized carbons (Fsp3) is 0.0833. The van der Waals surface area contributed by atoms with E-state index in [1.54, 1.807) is 18.2 Å². The zero-order valence-corrected chi connectivity index (χ0v) is 9.84. The smallest absolute Gasteiger partial charge is 0.165 e. The van der Waals surface area contributed by atoms with Crippen LogP contribution in [0.2, 0.25) is 0 Å². The lowest BCUT2D eigenvalue weighted by Crippen LogP contribution is -1.87. The summed E-state index contributed by atoms with van der Waals surface area (Å²) in [6.07, 6.45) is 0. The quantitative estimate of drug-likeness (QED) is 0.888. The number of hydrogen-bond donors (Lipinski definition) is 1. The van der Waals surface area contributed by atoms with Gasteiger partial charge in [-0.05, 0) is 29.8 Å². The zero-order chi connectivity index (χ0) is 12.4. The Morgan fingerprint density at radius 2 is 2.18 bits per heavy atom. The summed E-state index contributed by atoms with van der Waals surface area (Å²) < 4.78 is 18.3. The molecule has 2 N–H and O–H groups in total. The van der Waals surface area contributed by atoms with Gasteiger partial charge in [0.1, 0.15) is 10.9 Å². The Kier molecular flexibility index (Phi) is 2.98. The Bertz CT molecular complexity index is 601. The van der Waals surface area contributed by atoms with Gasteiger partial charge in [0.05, 0.1) is 12.8 Å². The number of rotatable bonds is 2. The predicted octanol–water partition coefficient (Wildman–Crippen LogP) is 3.02. The Morgan fingerprint density at radius 3 is 2.71 bits per heavy atom. The highest BCUT2D eigenvalue weighted by atomic mass is 32.1. The molecular weight excluding hydrogens is 239 g/mol. The Hall–Kier alpha value is -2.06. The molecule has 0 unspecified atom stereocenters. The molecule has 2 aromatic rings. The van der Waals surface area contributed by atoms with Crippen LogP contribution in [0.25, 0.3) is 10.4 Å². The molecule has 0 saturated carbocycles. The highest BCUT2D eigenvalue weighted by molar-refractivity contribution is 7.16. The monoisotopic (exact) mass is 248 g/mol. The molecule has 0 aliphatic carbocycles. The van der Waals surface area contributed by atoms with Crippen molar-refractivity contribution in [2.45, 2.75) is 0 Å². The van der Waals surface area contributed by atoms with E-state index in [4.69, 9.17) is 15.7 Å². The molecular formula is C12H9FN2OS. The maximum atomic E-state index is 13.5. The first-order valence-electron chi connectivity index (χ1n) is 4.79. The topological polar surface area (TPSA) is 59.0 Å². The number of anilines is 1. The third kappa shape index (κ3) is 2.08. The van der Waals surface area contributed by atoms with Crippen LogP contribution in [0.15, 0.2) is 24.3 Å². The highest BCUT2D eigenvalue weighted by Crippen LogP contribution is 2.34. The van der Waals surface area contributed by atoms with Gasteiger partial charge in [-0.2, -0.15) is 5.26 Å². The molecule has 86 valence electrons. The molecule has 0 amide bonds. The Labute approximate surface area is 102 Å². The Balaban J connectivity index is 2.47. The molecule has 1 aromatic heterocycles. The molecule has 0 fully saturated rings. The molecule has 0 spiro atoms. The second-order valence-electron chi connectivity index (χ2n) is 3.36. The third-order valence-electron chi connectivity index (χ3n) is 2.30. The molecule has 1 heterocycles. The van der Waals surface area contributed by atoms with Gasteiger partial charge in [0, 0.05) is 4.88 Å². The summed E-state index contributed by atoms with van der Waals surface area (Å²) in [6.45, 7) is 0. The van der Waals surface area contributed by atoms with Crippen molar-refractivity contribution < 1.29 is 9.13 Å². The van der Waals surface area contributed by atoms with Crippen molar-refractivity contribution in [3.05, 3.63) is 35.0 Å². The lowest BCUT2D eigenvalue weighted by Gasteiger charge is -2.03. The number of nitriles is 1. The normalized spacial score (nSPS) is 9.94. The van der Waals surface area contributed by atoms with E-state index in [-0.39, 0.29) is 5.75 Å². The van der Waals surface area contributed by atoms with E-state index < -0.39 is 5.82 Å². The number of ether oxygens (including phenoxy) is 1. The van der Waals surface area contributed by atoms with Gasteiger partial charge < -0.3 is 10.5 Å². The Morgan fingerprint density at radius 1 is 1.41 bits per heavy atom. The van der Waals surface area contributed by atoms with Gasteiger partial charge in [0.2, 0.25) is 0 Å². The first-order chi connectivity index (χ1) is 8.15. The number of hydrogen-bond acceptors (Lipinski definition) is 4. The van der Waals surface area contributed by atoms with Gasteiger partial charge >= 0.3 is 0 Å². The highest BCUT2D eigenvalue weighted by Gasteiger charge is 2.10. The molecule has 2 rings (SSSR count). The minimum absolute atomic E-state index is 0.193. The van der Waals surface area contributed by atoms with E-state index in [2.05, 4.69) is 0 Å². The number of halogens is 1. The average Bonchev–Trinajstić information content (AvgIpc) is 2.70. The molecule has 0 saturated heterocycles. The SMILES string of the molecule is COc1ccc(-c2cc(N)c(C#N)s2)cc1F. The summed E-state index contributed by atoms with van der Waals surface area (Å²) in [5.74, 6) is -0.241. The van der Waals surface area contributed by atoms with Crippen LogP contribution in [0.1, 0.15) is 4.88 Å². The number of nitrogens with two attached hydrogens (primary N) is 1. The van der Waals surface area contributed by atoms with Crippen LogP contribution >= 0.6 is 11.3 Å². The van der Waals surface area contributed by atoms with E-state index in [9.17, 15) is 4.39 Å². The second kappa shape index (κ2) is 4.44. The number of benzene rings is 1. The van der Waals surface area contributed by atoms with Crippen molar-refractivity contribution in [1.82, 2.24) is 0 Å². The minimum atomic E-state index is -0.435. The van der Waals surface area contributed by atoms with Crippen LogP contribution < -0.4 is 10.5 Å². The first kappa shape index (κ1) is 11.4. The van der Waals surface area contributed by atoms with Crippen LogP contribution in [-0.2, 0) is 0 Å². The molecule has 0 radical (unpaired) electrons. The van der Waals surface area contributed by atoms with Crippen LogP contribution in [0.3, 0.4) is 0 Å². The zero-order valence-electron chi connectivity index (χ0n) is 9.03. The fourth-order valence-corrected chi connectivity index (χ4v) is 2.33. The van der Waals surface area contributed by atoms with Gasteiger partial charge in [-0.1, -0.05) is 0 Å². The third-order valence-corrected chi connectivity index (χ3v) is 3.40. The van der Waals surface area contributed by atoms with Crippen LogP contribution in [-0.4, -0.2) is 7.11 Å². The molecule has 0 atom stereocenters. The van der Waals surface area contributed by atoms with Gasteiger partial charge in [-0.25, -0.2) is 4.39 Å². The predicted molar refractivity (Wildman–Crippen MR) is 65.4 cm³/mol. The molecule has 1 aromatic carbocycles. The largest absolute Gasteiger partial charge is 0.494 e. The van der Waals surface area contributed by atoms with E-state index in [0.717, 1.165) is 4.88 Å². The van der Waals surface area contributed by atoms with E-state index >= 15 is 0 Å². The lowest BCUT2D eigenvalue weighted by molar-refractivity contribution is 0.386. The van der Waals surface area contributed by atoms with Crippen molar-refractivity contribution in [2.75, 3.05) is 12.8 Å². The fourth-order valence-electron chi connectivity index (χ4n) is 1.45. The van der Waals surface area contributed by atoms with E-state index in [1.807, 2.05) is 6.07 Å². The van der Waals surface area contributed by atoms with Crippen molar-refractivity contribution in [3.63, 3.8) is 0 Å². The first-order valence-corrected chi connectivity index (χ1v) is 5.60. The van der Waals surface area contributed by atoms with Gasteiger partial charge in [-0.3, -0.25) is 0 Å². The van der Waals surface area contributed by atoms with E-state index in [1.165, 1.54) is 24.5 Å². The standard InChI is InChI=1S/C12H9FN2OS/c1-16-10-3-2-7(4-8(10)13)11-5-9(15)12(6-14)17-11/h2-5H,15H2,1H3. The van der Waals surface area contributed by atoms with Crippen molar-refractivity contribution >= 4 is 17.0 Å². The van der Waals surface area contributed by atoms with Gasteiger partial charge in [-0.15, -0.1) is 11.3 Å².